The number of amidine groups is 1. The maximum absolute atomic E-state index is 5.59. The molecule has 92 valence electrons. The van der Waals surface area contributed by atoms with Gasteiger partial charge in [0.25, 0.3) is 0 Å². The Hall–Kier alpha value is -2.38. The minimum absolute atomic E-state index is 0.272. The molecule has 0 N–H and O–H groups in total. The summed E-state index contributed by atoms with van der Waals surface area (Å²) in [6, 6.07) is 0. The Bertz CT molecular complexity index is 658. The predicted octanol–water partition coefficient (Wildman–Crippen LogP) is 0.942. The van der Waals surface area contributed by atoms with Gasteiger partial charge in [-0.25, -0.2) is 9.51 Å². The lowest BCUT2D eigenvalue weighted by molar-refractivity contribution is 0.357. The van der Waals surface area contributed by atoms with Gasteiger partial charge in [-0.1, -0.05) is 5.21 Å². The highest BCUT2D eigenvalue weighted by molar-refractivity contribution is 5.84. The van der Waals surface area contributed by atoms with Crippen molar-refractivity contribution in [3.63, 3.8) is 0 Å². The number of hydrogen-bond donors (Lipinski definition) is 0. The highest BCUT2D eigenvalue weighted by Crippen LogP contribution is 2.16. The van der Waals surface area contributed by atoms with E-state index in [-0.39, 0.29) is 6.61 Å². The number of aliphatic imine (C=N–C) groups is 1. The first-order valence-corrected chi connectivity index (χ1v) is 5.47. The zero-order valence-electron chi connectivity index (χ0n) is 10.0. The third-order valence-electron chi connectivity index (χ3n) is 2.53. The van der Waals surface area contributed by atoms with Crippen molar-refractivity contribution in [3.05, 3.63) is 17.5 Å². The summed E-state index contributed by atoms with van der Waals surface area (Å²) in [5.41, 5.74) is 2.33. The molecule has 1 aliphatic heterocycles. The molecule has 8 nitrogen and oxygen atoms in total. The van der Waals surface area contributed by atoms with Crippen molar-refractivity contribution in [2.75, 3.05) is 13.3 Å². The van der Waals surface area contributed by atoms with Gasteiger partial charge in [-0.3, -0.25) is 0 Å². The SMILES string of the molecule is Cc1cn2nnc(C)c2nc1OCC1=NCN=N1. The van der Waals surface area contributed by atoms with Crippen LogP contribution in [0.1, 0.15) is 11.3 Å². The fourth-order valence-electron chi connectivity index (χ4n) is 1.62. The van der Waals surface area contributed by atoms with Crippen molar-refractivity contribution >= 4 is 11.5 Å². The molecule has 1 aliphatic rings. The van der Waals surface area contributed by atoms with Crippen molar-refractivity contribution in [3.8, 4) is 5.88 Å². The number of fused-ring (bicyclic) bond motifs is 1. The van der Waals surface area contributed by atoms with Gasteiger partial charge in [0.2, 0.25) is 5.88 Å². The van der Waals surface area contributed by atoms with Gasteiger partial charge in [-0.2, -0.15) is 10.1 Å². The molecule has 0 bridgehead atoms. The summed E-state index contributed by atoms with van der Waals surface area (Å²) in [6.07, 6.45) is 1.83. The van der Waals surface area contributed by atoms with Gasteiger partial charge in [0.1, 0.15) is 5.69 Å². The number of rotatable bonds is 3. The number of aromatic nitrogens is 4. The molecule has 0 amide bonds. The van der Waals surface area contributed by atoms with Crippen LogP contribution in [0, 0.1) is 13.8 Å². The van der Waals surface area contributed by atoms with Crippen LogP contribution < -0.4 is 4.74 Å². The van der Waals surface area contributed by atoms with Crippen LogP contribution in [0.2, 0.25) is 0 Å². The lowest BCUT2D eigenvalue weighted by Gasteiger charge is -2.06. The zero-order valence-corrected chi connectivity index (χ0v) is 10.0. The molecule has 0 aliphatic carbocycles. The summed E-state index contributed by atoms with van der Waals surface area (Å²) in [7, 11) is 0. The van der Waals surface area contributed by atoms with E-state index >= 15 is 0 Å². The number of hydrogen-bond acceptors (Lipinski definition) is 7. The molecular weight excluding hydrogens is 234 g/mol. The summed E-state index contributed by atoms with van der Waals surface area (Å²) < 4.78 is 7.22. The van der Waals surface area contributed by atoms with Crippen LogP contribution >= 0.6 is 0 Å². The highest BCUT2D eigenvalue weighted by atomic mass is 16.5. The van der Waals surface area contributed by atoms with E-state index in [1.54, 1.807) is 4.52 Å². The standard InChI is InChI=1S/C10H11N7O/c1-6-3-17-9(7(2)14-16-17)13-10(6)18-4-8-11-5-12-15-8/h3H,4-5H2,1-2H3. The molecule has 0 aromatic carbocycles. The summed E-state index contributed by atoms with van der Waals surface area (Å²) >= 11 is 0. The van der Waals surface area contributed by atoms with Gasteiger partial charge in [-0.15, -0.1) is 10.2 Å². The first kappa shape index (κ1) is 10.8. The van der Waals surface area contributed by atoms with Crippen LogP contribution in [-0.4, -0.2) is 38.9 Å². The molecule has 2 aromatic heterocycles. The van der Waals surface area contributed by atoms with Gasteiger partial charge >= 0.3 is 0 Å². The average Bonchev–Trinajstić information content (AvgIpc) is 2.97. The largest absolute Gasteiger partial charge is 0.469 e. The smallest absolute Gasteiger partial charge is 0.220 e. The van der Waals surface area contributed by atoms with E-state index in [1.807, 2.05) is 20.0 Å². The van der Waals surface area contributed by atoms with Crippen molar-refractivity contribution in [1.29, 1.82) is 0 Å². The van der Waals surface area contributed by atoms with Gasteiger partial charge in [0.05, 0.1) is 0 Å². The molecule has 3 heterocycles. The van der Waals surface area contributed by atoms with E-state index in [1.165, 1.54) is 0 Å². The quantitative estimate of drug-likeness (QED) is 0.804. The summed E-state index contributed by atoms with van der Waals surface area (Å²) in [5, 5.41) is 15.5. The molecule has 18 heavy (non-hydrogen) atoms. The van der Waals surface area contributed by atoms with Crippen LogP contribution in [-0.2, 0) is 0 Å². The minimum Gasteiger partial charge on any atom is -0.469 e. The van der Waals surface area contributed by atoms with Crippen LogP contribution in [0.15, 0.2) is 21.4 Å². The van der Waals surface area contributed by atoms with Gasteiger partial charge < -0.3 is 4.74 Å². The lowest BCUT2D eigenvalue weighted by Crippen LogP contribution is -2.10. The first-order chi connectivity index (χ1) is 8.74. The van der Waals surface area contributed by atoms with Crippen molar-refractivity contribution in [2.24, 2.45) is 15.2 Å². The molecule has 0 unspecified atom stereocenters. The van der Waals surface area contributed by atoms with E-state index < -0.39 is 0 Å². The van der Waals surface area contributed by atoms with Gasteiger partial charge in [-0.05, 0) is 13.8 Å². The Morgan fingerprint density at radius 2 is 2.28 bits per heavy atom. The average molecular weight is 245 g/mol. The van der Waals surface area contributed by atoms with Gasteiger partial charge in [0, 0.05) is 11.8 Å². The third-order valence-corrected chi connectivity index (χ3v) is 2.53. The minimum atomic E-state index is 0.272. The predicted molar refractivity (Wildman–Crippen MR) is 62.9 cm³/mol. The summed E-state index contributed by atoms with van der Waals surface area (Å²) in [6.45, 7) is 4.41. The topological polar surface area (TPSA) is 89.4 Å². The highest BCUT2D eigenvalue weighted by Gasteiger charge is 2.10. The molecule has 3 rings (SSSR count). The fourth-order valence-corrected chi connectivity index (χ4v) is 1.62. The van der Waals surface area contributed by atoms with Crippen LogP contribution in [0.3, 0.4) is 0 Å². The second-order valence-electron chi connectivity index (χ2n) is 3.92. The number of azo groups is 1. The number of aryl methyl sites for hydroxylation is 2. The maximum Gasteiger partial charge on any atom is 0.220 e. The van der Waals surface area contributed by atoms with E-state index in [9.17, 15) is 0 Å². The Morgan fingerprint density at radius 1 is 1.39 bits per heavy atom. The second kappa shape index (κ2) is 4.13. The molecule has 2 aromatic rings. The summed E-state index contributed by atoms with van der Waals surface area (Å²) in [5.74, 6) is 1.12. The fraction of sp³-hybridized carbons (Fsp3) is 0.400. The van der Waals surface area contributed by atoms with E-state index in [2.05, 4.69) is 30.5 Å². The molecular formula is C10H11N7O. The molecule has 0 atom stereocenters. The Balaban J connectivity index is 1.88. The van der Waals surface area contributed by atoms with Crippen molar-refractivity contribution < 1.29 is 4.74 Å². The van der Waals surface area contributed by atoms with E-state index in [0.29, 0.717) is 24.0 Å². The van der Waals surface area contributed by atoms with Crippen LogP contribution in [0.4, 0.5) is 0 Å². The second-order valence-corrected chi connectivity index (χ2v) is 3.92. The summed E-state index contributed by atoms with van der Waals surface area (Å²) in [4.78, 5) is 8.43. The third kappa shape index (κ3) is 1.81. The molecule has 0 saturated carbocycles. The Kier molecular flexibility index (Phi) is 2.47. The van der Waals surface area contributed by atoms with E-state index in [4.69, 9.17) is 4.74 Å². The van der Waals surface area contributed by atoms with E-state index in [0.717, 1.165) is 11.3 Å². The normalized spacial score (nSPS) is 14.2. The number of nitrogens with zero attached hydrogens (tertiary/aromatic N) is 7. The van der Waals surface area contributed by atoms with Crippen LogP contribution in [0.25, 0.3) is 5.65 Å². The van der Waals surface area contributed by atoms with Crippen LogP contribution in [0.5, 0.6) is 5.88 Å². The number of ether oxygens (including phenoxy) is 1. The molecule has 0 saturated heterocycles. The van der Waals surface area contributed by atoms with Crippen molar-refractivity contribution in [2.45, 2.75) is 13.8 Å². The Labute approximate surface area is 102 Å². The molecule has 8 heteroatoms. The molecule has 0 fully saturated rings. The lowest BCUT2D eigenvalue weighted by atomic mass is 10.3. The molecule has 0 radical (unpaired) electrons. The van der Waals surface area contributed by atoms with Crippen molar-refractivity contribution in [1.82, 2.24) is 19.8 Å². The molecule has 0 spiro atoms. The zero-order chi connectivity index (χ0) is 12.5. The van der Waals surface area contributed by atoms with Gasteiger partial charge in [0.15, 0.2) is 24.8 Å². The Morgan fingerprint density at radius 3 is 3.06 bits per heavy atom. The maximum atomic E-state index is 5.59. The first-order valence-electron chi connectivity index (χ1n) is 5.47. The monoisotopic (exact) mass is 245 g/mol.